The first-order chi connectivity index (χ1) is 4.72. The van der Waals surface area contributed by atoms with Gasteiger partial charge in [-0.2, -0.15) is 0 Å². The van der Waals surface area contributed by atoms with Crippen LogP contribution in [0.1, 0.15) is 13.3 Å². The molecule has 0 radical (unpaired) electrons. The highest BCUT2D eigenvalue weighted by Crippen LogP contribution is 1.85. The average molecular weight is 152 g/mol. The van der Waals surface area contributed by atoms with E-state index in [4.69, 9.17) is 15.3 Å². The first kappa shape index (κ1) is 12.5. The predicted octanol–water partition coefficient (Wildman–Crippen LogP) is -0.668. The van der Waals surface area contributed by atoms with Crippen LogP contribution < -0.4 is 0 Å². The zero-order valence-corrected chi connectivity index (χ0v) is 6.45. The van der Waals surface area contributed by atoms with E-state index < -0.39 is 6.29 Å². The Kier molecular flexibility index (Phi) is 14.5. The van der Waals surface area contributed by atoms with Gasteiger partial charge in [0, 0.05) is 7.11 Å². The van der Waals surface area contributed by atoms with E-state index in [-0.39, 0.29) is 13.2 Å². The molecule has 1 unspecified atom stereocenters. The van der Waals surface area contributed by atoms with Gasteiger partial charge in [0.1, 0.15) is 0 Å². The lowest BCUT2D eigenvalue weighted by molar-refractivity contribution is -0.0748. The van der Waals surface area contributed by atoms with Crippen LogP contribution in [0.2, 0.25) is 0 Å². The van der Waals surface area contributed by atoms with E-state index in [9.17, 15) is 0 Å². The Morgan fingerprint density at radius 3 is 1.70 bits per heavy atom. The van der Waals surface area contributed by atoms with Gasteiger partial charge in [-0.25, -0.2) is 0 Å². The lowest BCUT2D eigenvalue weighted by atomic mass is 10.5. The van der Waals surface area contributed by atoms with E-state index in [1.54, 1.807) is 0 Å². The molecular weight excluding hydrogens is 136 g/mol. The molecule has 0 saturated heterocycles. The Labute approximate surface area is 61.1 Å². The van der Waals surface area contributed by atoms with E-state index in [1.165, 1.54) is 7.11 Å². The van der Waals surface area contributed by atoms with E-state index in [0.29, 0.717) is 6.42 Å². The third-order valence-electron chi connectivity index (χ3n) is 0.721. The third-order valence-corrected chi connectivity index (χ3v) is 0.721. The molecule has 0 bridgehead atoms. The monoisotopic (exact) mass is 152 g/mol. The first-order valence-corrected chi connectivity index (χ1v) is 3.15. The van der Waals surface area contributed by atoms with Crippen LogP contribution in [0.4, 0.5) is 0 Å². The summed E-state index contributed by atoms with van der Waals surface area (Å²) in [5.41, 5.74) is 0. The van der Waals surface area contributed by atoms with Gasteiger partial charge in [-0.15, -0.1) is 0 Å². The summed E-state index contributed by atoms with van der Waals surface area (Å²) in [5.74, 6) is 0. The lowest BCUT2D eigenvalue weighted by Crippen LogP contribution is -2.05. The predicted molar refractivity (Wildman–Crippen MR) is 37.5 cm³/mol. The Morgan fingerprint density at radius 1 is 1.30 bits per heavy atom. The quantitative estimate of drug-likeness (QED) is 0.469. The van der Waals surface area contributed by atoms with Crippen molar-refractivity contribution < 1.29 is 20.1 Å². The maximum absolute atomic E-state index is 8.44. The van der Waals surface area contributed by atoms with Crippen LogP contribution in [0.5, 0.6) is 0 Å². The van der Waals surface area contributed by atoms with Crippen LogP contribution >= 0.6 is 0 Å². The van der Waals surface area contributed by atoms with Crippen molar-refractivity contribution in [2.45, 2.75) is 19.6 Å². The molecule has 0 fully saturated rings. The van der Waals surface area contributed by atoms with Gasteiger partial charge in [0.05, 0.1) is 13.2 Å². The molecule has 0 heterocycles. The molecule has 4 nitrogen and oxygen atoms in total. The first-order valence-electron chi connectivity index (χ1n) is 3.15. The second-order valence-electron chi connectivity index (χ2n) is 1.55. The van der Waals surface area contributed by atoms with Gasteiger partial charge in [-0.05, 0) is 6.42 Å². The lowest BCUT2D eigenvalue weighted by Gasteiger charge is -2.00. The number of aliphatic hydroxyl groups is 3. The summed E-state index contributed by atoms with van der Waals surface area (Å²) in [6.45, 7) is 1.61. The number of aliphatic hydroxyl groups excluding tert-OH is 3. The third kappa shape index (κ3) is 15.7. The fraction of sp³-hybridized carbons (Fsp3) is 1.00. The minimum atomic E-state index is -0.565. The van der Waals surface area contributed by atoms with Crippen LogP contribution in [0.25, 0.3) is 0 Å². The molecule has 0 aliphatic heterocycles. The van der Waals surface area contributed by atoms with Crippen LogP contribution in [-0.2, 0) is 4.74 Å². The largest absolute Gasteiger partial charge is 0.394 e. The van der Waals surface area contributed by atoms with Crippen LogP contribution in [0, 0.1) is 0 Å². The molecule has 0 aromatic rings. The van der Waals surface area contributed by atoms with E-state index in [2.05, 4.69) is 4.74 Å². The summed E-state index contributed by atoms with van der Waals surface area (Å²) < 4.78 is 4.45. The van der Waals surface area contributed by atoms with Gasteiger partial charge in [0.15, 0.2) is 6.29 Å². The zero-order valence-electron chi connectivity index (χ0n) is 6.45. The summed E-state index contributed by atoms with van der Waals surface area (Å²) in [5, 5.41) is 23.7. The maximum atomic E-state index is 8.44. The second-order valence-corrected chi connectivity index (χ2v) is 1.55. The molecule has 1 atom stereocenters. The fourth-order valence-electron chi connectivity index (χ4n) is 0.167. The van der Waals surface area contributed by atoms with Gasteiger partial charge in [-0.3, -0.25) is 0 Å². The Bertz CT molecular complexity index is 43.0. The second kappa shape index (κ2) is 11.6. The van der Waals surface area contributed by atoms with Crippen molar-refractivity contribution in [3.05, 3.63) is 0 Å². The smallest absolute Gasteiger partial charge is 0.153 e. The number of rotatable bonds is 3. The van der Waals surface area contributed by atoms with Crippen molar-refractivity contribution in [2.75, 3.05) is 20.3 Å². The summed E-state index contributed by atoms with van der Waals surface area (Å²) in [4.78, 5) is 0. The van der Waals surface area contributed by atoms with Crippen LogP contribution in [0.3, 0.4) is 0 Å². The van der Waals surface area contributed by atoms with Gasteiger partial charge in [-0.1, -0.05) is 6.92 Å². The summed E-state index contributed by atoms with van der Waals surface area (Å²) >= 11 is 0. The molecule has 4 heteroatoms. The van der Waals surface area contributed by atoms with Crippen molar-refractivity contribution in [1.82, 2.24) is 0 Å². The van der Waals surface area contributed by atoms with E-state index in [1.807, 2.05) is 6.92 Å². The molecule has 0 aliphatic carbocycles. The molecule has 0 amide bonds. The van der Waals surface area contributed by atoms with Crippen LogP contribution in [0.15, 0.2) is 0 Å². The maximum Gasteiger partial charge on any atom is 0.153 e. The van der Waals surface area contributed by atoms with E-state index >= 15 is 0 Å². The number of methoxy groups -OCH3 is 1. The molecule has 3 N–H and O–H groups in total. The Balaban J connectivity index is 0. The zero-order chi connectivity index (χ0) is 8.41. The van der Waals surface area contributed by atoms with Gasteiger partial charge in [0.25, 0.3) is 0 Å². The van der Waals surface area contributed by atoms with Crippen molar-refractivity contribution in [2.24, 2.45) is 0 Å². The highest BCUT2D eigenvalue weighted by atomic mass is 16.6. The highest BCUT2D eigenvalue weighted by molar-refractivity contribution is 4.26. The molecule has 0 aromatic heterocycles. The molecule has 0 rings (SSSR count). The van der Waals surface area contributed by atoms with Gasteiger partial charge < -0.3 is 20.1 Å². The number of ether oxygens (including phenoxy) is 1. The SMILES string of the molecule is CCC(O)OC.OCCO. The molecule has 64 valence electrons. The van der Waals surface area contributed by atoms with Crippen molar-refractivity contribution >= 4 is 0 Å². The number of hydrogen-bond donors (Lipinski definition) is 3. The minimum Gasteiger partial charge on any atom is -0.394 e. The number of hydrogen-bond acceptors (Lipinski definition) is 4. The van der Waals surface area contributed by atoms with Crippen molar-refractivity contribution in [3.8, 4) is 0 Å². The Hall–Kier alpha value is -0.160. The highest BCUT2D eigenvalue weighted by Gasteiger charge is 1.90. The Morgan fingerprint density at radius 2 is 1.70 bits per heavy atom. The van der Waals surface area contributed by atoms with Crippen molar-refractivity contribution in [3.63, 3.8) is 0 Å². The molecular formula is C6H16O4. The van der Waals surface area contributed by atoms with Crippen LogP contribution in [-0.4, -0.2) is 41.9 Å². The molecule has 0 aliphatic rings. The molecule has 0 spiro atoms. The van der Waals surface area contributed by atoms with E-state index in [0.717, 1.165) is 0 Å². The molecule has 10 heavy (non-hydrogen) atoms. The minimum absolute atomic E-state index is 0.125. The standard InChI is InChI=1S/C4H10O2.C2H6O2/c1-3-4(5)6-2;3-1-2-4/h4-5H,3H2,1-2H3;3-4H,1-2H2. The fourth-order valence-corrected chi connectivity index (χ4v) is 0.167. The van der Waals surface area contributed by atoms with Gasteiger partial charge >= 0.3 is 0 Å². The summed E-state index contributed by atoms with van der Waals surface area (Å²) in [6, 6.07) is 0. The molecule has 0 aromatic carbocycles. The van der Waals surface area contributed by atoms with Gasteiger partial charge in [0.2, 0.25) is 0 Å². The topological polar surface area (TPSA) is 69.9 Å². The summed E-state index contributed by atoms with van der Waals surface area (Å²) in [6.07, 6.45) is 0.0984. The van der Waals surface area contributed by atoms with Crippen molar-refractivity contribution in [1.29, 1.82) is 0 Å². The molecule has 0 saturated carbocycles. The normalized spacial score (nSPS) is 11.7. The average Bonchev–Trinajstić information content (AvgIpc) is 2.03. The summed E-state index contributed by atoms with van der Waals surface area (Å²) in [7, 11) is 1.48.